The van der Waals surface area contributed by atoms with E-state index in [2.05, 4.69) is 19.7 Å². The van der Waals surface area contributed by atoms with Gasteiger partial charge in [0.2, 0.25) is 11.8 Å². The Morgan fingerprint density at radius 3 is 0.974 bits per heavy atom. The van der Waals surface area contributed by atoms with Gasteiger partial charge in [-0.2, -0.15) is 0 Å². The molecule has 31 N–H and O–H groups in total. The van der Waals surface area contributed by atoms with E-state index in [1.807, 2.05) is 0 Å². The minimum absolute atomic E-state index is 0.810. The normalized spacial score (nSPS) is 48.7. The lowest BCUT2D eigenvalue weighted by Crippen LogP contribution is -2.70. The summed E-state index contributed by atoms with van der Waals surface area (Å²) >= 11 is 0. The Hall–Kier alpha value is -2.52. The van der Waals surface area contributed by atoms with Crippen molar-refractivity contribution < 1.29 is 256 Å². The van der Waals surface area contributed by atoms with Crippen molar-refractivity contribution >= 4 is 27.5 Å². The molecule has 9 aliphatic heterocycles. The zero-order valence-corrected chi connectivity index (χ0v) is 61.4. The highest BCUT2D eigenvalue weighted by Crippen LogP contribution is 2.42. The number of phosphoric ester groups is 2. The van der Waals surface area contributed by atoms with Crippen molar-refractivity contribution in [3.63, 3.8) is 0 Å². The van der Waals surface area contributed by atoms with Crippen LogP contribution in [0.3, 0.4) is 0 Å². The Morgan fingerprint density at radius 2 is 0.553 bits per heavy atom. The van der Waals surface area contributed by atoms with Crippen LogP contribution in [0.1, 0.15) is 13.8 Å². The van der Waals surface area contributed by atoms with Crippen molar-refractivity contribution in [1.82, 2.24) is 10.6 Å². The summed E-state index contributed by atoms with van der Waals surface area (Å²) in [6, 6.07) is -3.64. The smallest absolute Gasteiger partial charge is 0.394 e. The van der Waals surface area contributed by atoms with Gasteiger partial charge in [-0.3, -0.25) is 18.6 Å². The molecule has 9 heterocycles. The van der Waals surface area contributed by atoms with E-state index in [4.69, 9.17) is 80.5 Å². The second-order valence-electron chi connectivity index (χ2n) is 27.9. The quantitative estimate of drug-likeness (QED) is 0.0287. The van der Waals surface area contributed by atoms with Gasteiger partial charge in [0.15, 0.2) is 56.6 Å². The van der Waals surface area contributed by atoms with E-state index in [-0.39, 0.29) is 0 Å². The Bertz CT molecular complexity index is 3110. The number of ether oxygens (including phenoxy) is 17. The van der Waals surface area contributed by atoms with Gasteiger partial charge in [0.1, 0.15) is 220 Å². The SMILES string of the molecule is CC(=O)NC1C(O)OC(CO)C(OC2OC(CO)C(OC3OC(COC4OC(COC5OC(CO)C(O)C(O)C5OC5OC(COP(=O)(O)O)C(O)C(O)C5O)C(O)C(OC5OC(CO)C(O)C(O)C5O)C4O)C(O)C(OC4OC(CO)C(O)C(O)C4OC4OC(COP(=O)(O)O)C(O)C(O)C4O)C3O)C(O)C2NC(C)=O)C1O. The van der Waals surface area contributed by atoms with E-state index < -0.39 is 363 Å². The first-order chi connectivity index (χ1) is 53.5. The van der Waals surface area contributed by atoms with Crippen LogP contribution >= 0.6 is 15.6 Å². The maximum atomic E-state index is 13.0. The van der Waals surface area contributed by atoms with Crippen molar-refractivity contribution in [2.24, 2.45) is 0 Å². The van der Waals surface area contributed by atoms with E-state index in [0.717, 1.165) is 13.8 Å². The summed E-state index contributed by atoms with van der Waals surface area (Å²) in [5.74, 6) is -1.79. The van der Waals surface area contributed by atoms with E-state index in [1.54, 1.807) is 0 Å². The highest BCUT2D eigenvalue weighted by atomic mass is 31.2. The number of aliphatic hydroxyl groups is 25. The molecule has 664 valence electrons. The molecule has 9 rings (SSSR count). The predicted molar refractivity (Wildman–Crippen MR) is 342 cm³/mol. The summed E-state index contributed by atoms with van der Waals surface area (Å²) in [6.45, 7) is -8.71. The maximum absolute atomic E-state index is 13.0. The third-order valence-corrected chi connectivity index (χ3v) is 21.0. The van der Waals surface area contributed by atoms with Crippen molar-refractivity contribution in [2.45, 2.75) is 290 Å². The fourth-order valence-electron chi connectivity index (χ4n) is 13.8. The Balaban J connectivity index is 1.05. The molecule has 9 fully saturated rings. The zero-order chi connectivity index (χ0) is 84.3. The van der Waals surface area contributed by atoms with Crippen LogP contribution in [0.5, 0.6) is 0 Å². The number of hydrogen-bond donors (Lipinski definition) is 31. The molecule has 9 aliphatic rings. The van der Waals surface area contributed by atoms with Crippen molar-refractivity contribution in [2.75, 3.05) is 59.5 Å². The average Bonchev–Trinajstić information content (AvgIpc) is 0.779. The van der Waals surface area contributed by atoms with Gasteiger partial charge in [-0.1, -0.05) is 0 Å². The van der Waals surface area contributed by atoms with Gasteiger partial charge >= 0.3 is 15.6 Å². The standard InChI is InChI=1S/C58H100N2O52P2/c1-12(66)59-23-32(75)44(17(6-64)98-50(23)87)107-51-24(60-13(2)67)33(76)45(18(7-65)102-51)108-56-43(86)47(110-58-49(38(81)27(70)16(5-63)101-58)112-55-41(84)36(79)29(72)22(106-55)11-97-114(91,92)93)31(74)20(104-56)8-94-52-42(85)46(109-53-39(82)34(77)25(68)14(3-61)99-53)30(73)19(103-52)9-95-57-48(37(80)26(69)15(4-62)100-57)111-54-40(83)35(78)28(71)21(105-54)10-96-113(88,89)90/h14-58,61-65,68-87H,3-11H2,1-2H3,(H,59,66)(H,60,67)(H2,88,89,90)(H2,91,92,93). The van der Waals surface area contributed by atoms with Crippen molar-refractivity contribution in [3.8, 4) is 0 Å². The highest BCUT2D eigenvalue weighted by Gasteiger charge is 2.61. The molecule has 0 aliphatic carbocycles. The zero-order valence-electron chi connectivity index (χ0n) is 59.6. The number of aliphatic hydroxyl groups excluding tert-OH is 25. The molecule has 45 unspecified atom stereocenters. The summed E-state index contributed by atoms with van der Waals surface area (Å²) in [7, 11) is -10.7. The molecule has 9 saturated heterocycles. The lowest BCUT2D eigenvalue weighted by molar-refractivity contribution is -0.399. The summed E-state index contributed by atoms with van der Waals surface area (Å²) < 4.78 is 131. The van der Waals surface area contributed by atoms with Gasteiger partial charge in [-0.15, -0.1) is 0 Å². The molecule has 0 aromatic rings. The van der Waals surface area contributed by atoms with Crippen molar-refractivity contribution in [3.05, 3.63) is 0 Å². The fraction of sp³-hybridized carbons (Fsp3) is 0.966. The molecule has 0 saturated carbocycles. The van der Waals surface area contributed by atoms with Crippen LogP contribution in [-0.4, -0.2) is 495 Å². The molecular formula is C58H100N2O52P2. The van der Waals surface area contributed by atoms with Gasteiger partial charge in [0, 0.05) is 13.8 Å². The van der Waals surface area contributed by atoms with Crippen LogP contribution in [0, 0.1) is 0 Å². The molecule has 0 aromatic carbocycles. The summed E-state index contributed by atoms with van der Waals surface area (Å²) in [4.78, 5) is 62.5. The predicted octanol–water partition coefficient (Wildman–Crippen LogP) is -20.1. The molecule has 0 bridgehead atoms. The molecule has 56 heteroatoms. The van der Waals surface area contributed by atoms with Gasteiger partial charge in [0.05, 0.1) is 59.5 Å². The Morgan fingerprint density at radius 1 is 0.272 bits per heavy atom. The lowest BCUT2D eigenvalue weighted by Gasteiger charge is -2.51. The Kier molecular flexibility index (Phi) is 34.0. The monoisotopic (exact) mass is 1720 g/mol. The molecule has 0 aromatic heterocycles. The molecule has 54 nitrogen and oxygen atoms in total. The minimum Gasteiger partial charge on any atom is -0.394 e. The van der Waals surface area contributed by atoms with E-state index in [9.17, 15) is 166 Å². The number of carbonyl (C=O) groups is 2. The van der Waals surface area contributed by atoms with E-state index in [0.29, 0.717) is 0 Å². The number of amides is 2. The molecule has 114 heavy (non-hydrogen) atoms. The molecule has 45 atom stereocenters. The van der Waals surface area contributed by atoms with Crippen LogP contribution in [-0.2, 0) is 108 Å². The lowest BCUT2D eigenvalue weighted by atomic mass is 9.94. The number of nitrogens with one attached hydrogen (secondary N) is 2. The van der Waals surface area contributed by atoms with Crippen LogP contribution in [0.2, 0.25) is 0 Å². The van der Waals surface area contributed by atoms with Gasteiger partial charge in [-0.25, -0.2) is 9.13 Å². The first-order valence-electron chi connectivity index (χ1n) is 35.1. The first kappa shape index (κ1) is 95.3. The maximum Gasteiger partial charge on any atom is 0.469 e. The summed E-state index contributed by atoms with van der Waals surface area (Å²) in [6.07, 6.45) is -95.4. The number of hydrogen-bond acceptors (Lipinski definition) is 48. The van der Waals surface area contributed by atoms with Crippen LogP contribution in [0.15, 0.2) is 0 Å². The Labute approximate surface area is 641 Å². The molecule has 2 amide bonds. The first-order valence-corrected chi connectivity index (χ1v) is 38.2. The number of carbonyl (C=O) groups excluding carboxylic acids is 2. The van der Waals surface area contributed by atoms with Gasteiger partial charge < -0.3 is 238 Å². The van der Waals surface area contributed by atoms with Gasteiger partial charge in [0.25, 0.3) is 0 Å². The van der Waals surface area contributed by atoms with E-state index >= 15 is 0 Å². The second kappa shape index (κ2) is 40.7. The molecule has 0 spiro atoms. The third-order valence-electron chi connectivity index (χ3n) is 20.0. The second-order valence-corrected chi connectivity index (χ2v) is 30.4. The largest absolute Gasteiger partial charge is 0.469 e. The van der Waals surface area contributed by atoms with Crippen molar-refractivity contribution in [1.29, 1.82) is 0 Å². The minimum atomic E-state index is -5.38. The van der Waals surface area contributed by atoms with Crippen LogP contribution < -0.4 is 10.6 Å². The number of rotatable bonds is 31. The fourth-order valence-corrected chi connectivity index (χ4v) is 14.5. The average molecular weight is 1720 g/mol. The molecular weight excluding hydrogens is 1620 g/mol. The third kappa shape index (κ3) is 22.1. The van der Waals surface area contributed by atoms with Crippen LogP contribution in [0.25, 0.3) is 0 Å². The molecule has 0 radical (unpaired) electrons. The van der Waals surface area contributed by atoms with Gasteiger partial charge in [-0.05, 0) is 0 Å². The van der Waals surface area contributed by atoms with Crippen LogP contribution in [0.4, 0.5) is 0 Å². The number of phosphoric acid groups is 2. The van der Waals surface area contributed by atoms with E-state index in [1.165, 1.54) is 0 Å². The topological polar surface area (TPSA) is 854 Å². The highest BCUT2D eigenvalue weighted by molar-refractivity contribution is 7.46. The summed E-state index contributed by atoms with van der Waals surface area (Å²) in [5.41, 5.74) is 0. The summed E-state index contributed by atoms with van der Waals surface area (Å²) in [5, 5.41) is 283.